The zero-order valence-electron chi connectivity index (χ0n) is 16.9. The highest BCUT2D eigenvalue weighted by atomic mass is 16.7. The summed E-state index contributed by atoms with van der Waals surface area (Å²) in [7, 11) is 3.40. The summed E-state index contributed by atoms with van der Waals surface area (Å²) >= 11 is 0. The number of ether oxygens (including phenoxy) is 4. The summed E-state index contributed by atoms with van der Waals surface area (Å²) in [5.74, 6) is 3.21. The molecule has 1 saturated heterocycles. The molecule has 0 aliphatic carbocycles. The molecular weight excluding hydrogens is 366 g/mol. The maximum Gasteiger partial charge on any atom is 0.231 e. The van der Waals surface area contributed by atoms with Gasteiger partial charge in [0.05, 0.1) is 14.2 Å². The first-order chi connectivity index (χ1) is 14.3. The van der Waals surface area contributed by atoms with Crippen LogP contribution in [0.5, 0.6) is 23.0 Å². The van der Waals surface area contributed by atoms with Gasteiger partial charge in [0.15, 0.2) is 23.0 Å². The van der Waals surface area contributed by atoms with Crippen molar-refractivity contribution in [2.45, 2.75) is 38.3 Å². The van der Waals surface area contributed by atoms with Crippen LogP contribution in [0.4, 0.5) is 0 Å². The lowest BCUT2D eigenvalue weighted by Crippen LogP contribution is -2.43. The fourth-order valence-corrected chi connectivity index (χ4v) is 5.44. The zero-order chi connectivity index (χ0) is 19.5. The Morgan fingerprint density at radius 1 is 0.828 bits per heavy atom. The van der Waals surface area contributed by atoms with Crippen LogP contribution in [0.15, 0.2) is 24.3 Å². The van der Waals surface area contributed by atoms with E-state index in [0.717, 1.165) is 36.0 Å². The number of methoxy groups -OCH3 is 2. The molecule has 5 nitrogen and oxygen atoms in total. The van der Waals surface area contributed by atoms with Gasteiger partial charge in [-0.3, -0.25) is 4.90 Å². The molecule has 6 rings (SSSR count). The Morgan fingerprint density at radius 3 is 2.24 bits per heavy atom. The quantitative estimate of drug-likeness (QED) is 0.595. The standard InChI is InChI=1S/C24H25NO4/c1-26-21-8-16-18-11-24-23(28-13-29-24)10-17(18)15-7-14-5-3-4-6-25(14)12-20(15)19(16)9-22(21)27-2/h8-11,14H,3-7,12-13H2,1-2H3. The van der Waals surface area contributed by atoms with Crippen LogP contribution < -0.4 is 18.9 Å². The van der Waals surface area contributed by atoms with Crippen LogP contribution in [0.25, 0.3) is 21.5 Å². The molecule has 3 aliphatic rings. The molecule has 3 aliphatic heterocycles. The van der Waals surface area contributed by atoms with Gasteiger partial charge in [-0.15, -0.1) is 0 Å². The highest BCUT2D eigenvalue weighted by Gasteiger charge is 2.32. The van der Waals surface area contributed by atoms with Crippen molar-refractivity contribution in [1.82, 2.24) is 4.90 Å². The Labute approximate surface area is 170 Å². The third-order valence-corrected chi connectivity index (χ3v) is 6.89. The molecule has 1 unspecified atom stereocenters. The molecule has 1 fully saturated rings. The van der Waals surface area contributed by atoms with Crippen LogP contribution in [-0.4, -0.2) is 38.5 Å². The summed E-state index contributed by atoms with van der Waals surface area (Å²) in [6.45, 7) is 2.48. The van der Waals surface area contributed by atoms with Gasteiger partial charge in [0.1, 0.15) is 0 Å². The molecule has 0 amide bonds. The normalized spacial score (nSPS) is 20.6. The zero-order valence-corrected chi connectivity index (χ0v) is 16.9. The first-order valence-corrected chi connectivity index (χ1v) is 10.4. The third kappa shape index (κ3) is 2.50. The topological polar surface area (TPSA) is 40.2 Å². The number of nitrogens with zero attached hydrogens (tertiary/aromatic N) is 1. The maximum atomic E-state index is 5.72. The summed E-state index contributed by atoms with van der Waals surface area (Å²) in [5, 5.41) is 4.93. The van der Waals surface area contributed by atoms with Gasteiger partial charge < -0.3 is 18.9 Å². The number of hydrogen-bond donors (Lipinski definition) is 0. The van der Waals surface area contributed by atoms with Gasteiger partial charge in [-0.2, -0.15) is 0 Å². The minimum absolute atomic E-state index is 0.291. The van der Waals surface area contributed by atoms with Crippen LogP contribution >= 0.6 is 0 Å². The minimum atomic E-state index is 0.291. The Hall–Kier alpha value is -2.66. The van der Waals surface area contributed by atoms with E-state index in [2.05, 4.69) is 29.2 Å². The van der Waals surface area contributed by atoms with E-state index in [1.165, 1.54) is 58.5 Å². The second kappa shape index (κ2) is 6.42. The first kappa shape index (κ1) is 17.2. The predicted molar refractivity (Wildman–Crippen MR) is 112 cm³/mol. The molecule has 3 heterocycles. The predicted octanol–water partition coefficient (Wildman–Crippen LogP) is 4.65. The Balaban J connectivity index is 1.70. The third-order valence-electron chi connectivity index (χ3n) is 6.89. The molecule has 3 aromatic carbocycles. The van der Waals surface area contributed by atoms with Gasteiger partial charge in [-0.05, 0) is 82.7 Å². The molecule has 0 bridgehead atoms. The maximum absolute atomic E-state index is 5.72. The van der Waals surface area contributed by atoms with Crippen LogP contribution in [0, 0.1) is 0 Å². The lowest BCUT2D eigenvalue weighted by Gasteiger charge is -2.41. The summed E-state index contributed by atoms with van der Waals surface area (Å²) in [6, 6.07) is 9.23. The van der Waals surface area contributed by atoms with Crippen LogP contribution in [0.3, 0.4) is 0 Å². The lowest BCUT2D eigenvalue weighted by atomic mass is 9.82. The smallest absolute Gasteiger partial charge is 0.231 e. The SMILES string of the molecule is COc1cc2c3c(c4cc5c(cc4c2cc1OC)OCO5)CC1CCCCN1C3. The number of fused-ring (bicyclic) bond motifs is 8. The number of piperidine rings is 1. The molecular formula is C24H25NO4. The van der Waals surface area contributed by atoms with E-state index in [-0.39, 0.29) is 0 Å². The van der Waals surface area contributed by atoms with E-state index in [9.17, 15) is 0 Å². The van der Waals surface area contributed by atoms with E-state index < -0.39 is 0 Å². The minimum Gasteiger partial charge on any atom is -0.493 e. The summed E-state index contributed by atoms with van der Waals surface area (Å²) < 4.78 is 22.7. The number of hydrogen-bond acceptors (Lipinski definition) is 5. The highest BCUT2D eigenvalue weighted by molar-refractivity contribution is 6.13. The van der Waals surface area contributed by atoms with Crippen LogP contribution in [0.2, 0.25) is 0 Å². The van der Waals surface area contributed by atoms with Crippen molar-refractivity contribution in [2.24, 2.45) is 0 Å². The molecule has 0 spiro atoms. The summed E-state index contributed by atoms with van der Waals surface area (Å²) in [5.41, 5.74) is 2.88. The lowest BCUT2D eigenvalue weighted by molar-refractivity contribution is 0.128. The Morgan fingerprint density at radius 2 is 1.48 bits per heavy atom. The van der Waals surface area contributed by atoms with Crippen molar-refractivity contribution in [3.63, 3.8) is 0 Å². The van der Waals surface area contributed by atoms with Gasteiger partial charge in [-0.25, -0.2) is 0 Å². The van der Waals surface area contributed by atoms with Gasteiger partial charge >= 0.3 is 0 Å². The molecule has 150 valence electrons. The fourth-order valence-electron chi connectivity index (χ4n) is 5.44. The van der Waals surface area contributed by atoms with E-state index in [1.807, 2.05) is 0 Å². The van der Waals surface area contributed by atoms with E-state index in [1.54, 1.807) is 14.2 Å². The number of benzene rings is 3. The van der Waals surface area contributed by atoms with Crippen molar-refractivity contribution in [3.05, 3.63) is 35.4 Å². The Kier molecular flexibility index (Phi) is 3.81. The Bertz CT molecular complexity index is 1140. The molecule has 1 atom stereocenters. The van der Waals surface area contributed by atoms with Crippen molar-refractivity contribution in [1.29, 1.82) is 0 Å². The second-order valence-electron chi connectivity index (χ2n) is 8.29. The van der Waals surface area contributed by atoms with E-state index in [0.29, 0.717) is 12.8 Å². The van der Waals surface area contributed by atoms with Crippen molar-refractivity contribution >= 4 is 21.5 Å². The fraction of sp³-hybridized carbons (Fsp3) is 0.417. The molecule has 29 heavy (non-hydrogen) atoms. The van der Waals surface area contributed by atoms with Crippen molar-refractivity contribution in [3.8, 4) is 23.0 Å². The van der Waals surface area contributed by atoms with Crippen LogP contribution in [-0.2, 0) is 13.0 Å². The van der Waals surface area contributed by atoms with E-state index in [4.69, 9.17) is 18.9 Å². The van der Waals surface area contributed by atoms with Gasteiger partial charge in [0.2, 0.25) is 6.79 Å². The van der Waals surface area contributed by atoms with Crippen LogP contribution in [0.1, 0.15) is 30.4 Å². The molecule has 0 aromatic heterocycles. The molecule has 5 heteroatoms. The van der Waals surface area contributed by atoms with E-state index >= 15 is 0 Å². The first-order valence-electron chi connectivity index (χ1n) is 10.4. The monoisotopic (exact) mass is 391 g/mol. The number of rotatable bonds is 2. The highest BCUT2D eigenvalue weighted by Crippen LogP contribution is 2.46. The summed E-state index contributed by atoms with van der Waals surface area (Å²) in [4.78, 5) is 2.67. The second-order valence-corrected chi connectivity index (χ2v) is 8.29. The van der Waals surface area contributed by atoms with Crippen molar-refractivity contribution in [2.75, 3.05) is 27.6 Å². The molecule has 0 radical (unpaired) electrons. The molecule has 3 aromatic rings. The average molecular weight is 391 g/mol. The van der Waals surface area contributed by atoms with Gasteiger partial charge in [-0.1, -0.05) is 6.42 Å². The largest absolute Gasteiger partial charge is 0.493 e. The average Bonchev–Trinajstić information content (AvgIpc) is 3.23. The molecule has 0 N–H and O–H groups in total. The van der Waals surface area contributed by atoms with Crippen molar-refractivity contribution < 1.29 is 18.9 Å². The summed E-state index contributed by atoms with van der Waals surface area (Å²) in [6.07, 6.45) is 5.01. The van der Waals surface area contributed by atoms with Gasteiger partial charge in [0.25, 0.3) is 0 Å². The van der Waals surface area contributed by atoms with Gasteiger partial charge in [0, 0.05) is 12.6 Å². The molecule has 0 saturated carbocycles.